The van der Waals surface area contributed by atoms with Crippen molar-refractivity contribution < 1.29 is 0 Å². The molecule has 1 aliphatic rings. The van der Waals surface area contributed by atoms with Crippen LogP contribution in [0.25, 0.3) is 0 Å². The smallest absolute Gasteiger partial charge is 0.128 e. The van der Waals surface area contributed by atoms with Crippen molar-refractivity contribution in [1.82, 2.24) is 9.88 Å². The molecule has 2 rings (SSSR count). The molecule has 1 saturated heterocycles. The van der Waals surface area contributed by atoms with Crippen LogP contribution in [0.1, 0.15) is 56.2 Å². The summed E-state index contributed by atoms with van der Waals surface area (Å²) in [4.78, 5) is 7.20. The SMILES string of the molecule is CCCCN1CCCC[C@@H]1c1cnc(NC)c(C)c1. The van der Waals surface area contributed by atoms with Crippen LogP contribution in [-0.2, 0) is 0 Å². The number of unbranched alkanes of at least 4 members (excludes halogenated alkanes) is 1. The van der Waals surface area contributed by atoms with Crippen molar-refractivity contribution in [3.8, 4) is 0 Å². The first-order valence-electron chi connectivity index (χ1n) is 7.64. The third-order valence-electron chi connectivity index (χ3n) is 4.13. The zero-order valence-corrected chi connectivity index (χ0v) is 12.6. The van der Waals surface area contributed by atoms with E-state index < -0.39 is 0 Å². The summed E-state index contributed by atoms with van der Waals surface area (Å²) in [5.74, 6) is 1.000. The quantitative estimate of drug-likeness (QED) is 0.874. The Morgan fingerprint density at radius 3 is 2.95 bits per heavy atom. The Bertz CT molecular complexity index is 403. The van der Waals surface area contributed by atoms with Crippen molar-refractivity contribution in [2.75, 3.05) is 25.5 Å². The van der Waals surface area contributed by atoms with Crippen LogP contribution in [0, 0.1) is 6.92 Å². The second-order valence-corrected chi connectivity index (χ2v) is 5.59. The molecule has 0 saturated carbocycles. The summed E-state index contributed by atoms with van der Waals surface area (Å²) in [5.41, 5.74) is 2.65. The molecule has 3 heteroatoms. The van der Waals surface area contributed by atoms with E-state index in [0.717, 1.165) is 5.82 Å². The van der Waals surface area contributed by atoms with Crippen LogP contribution < -0.4 is 5.32 Å². The van der Waals surface area contributed by atoms with Crippen LogP contribution >= 0.6 is 0 Å². The Morgan fingerprint density at radius 1 is 1.42 bits per heavy atom. The number of hydrogen-bond acceptors (Lipinski definition) is 3. The van der Waals surface area contributed by atoms with Crippen molar-refractivity contribution in [2.45, 2.75) is 52.0 Å². The van der Waals surface area contributed by atoms with E-state index in [1.807, 2.05) is 7.05 Å². The lowest BCUT2D eigenvalue weighted by Gasteiger charge is -2.36. The minimum Gasteiger partial charge on any atom is -0.373 e. The normalized spacial score (nSPS) is 20.5. The van der Waals surface area contributed by atoms with Gasteiger partial charge in [0.1, 0.15) is 5.82 Å². The largest absolute Gasteiger partial charge is 0.373 e. The molecule has 0 unspecified atom stereocenters. The Balaban J connectivity index is 2.14. The van der Waals surface area contributed by atoms with Gasteiger partial charge in [0.05, 0.1) is 0 Å². The average molecular weight is 261 g/mol. The van der Waals surface area contributed by atoms with Crippen LogP contribution in [-0.4, -0.2) is 30.0 Å². The second kappa shape index (κ2) is 6.90. The molecule has 0 amide bonds. The zero-order chi connectivity index (χ0) is 13.7. The molecule has 0 radical (unpaired) electrons. The average Bonchev–Trinajstić information content (AvgIpc) is 2.45. The maximum atomic E-state index is 4.55. The molecule has 1 N–H and O–H groups in total. The van der Waals surface area contributed by atoms with Gasteiger partial charge in [-0.25, -0.2) is 4.98 Å². The van der Waals surface area contributed by atoms with E-state index in [-0.39, 0.29) is 0 Å². The predicted octanol–water partition coefficient (Wildman–Crippen LogP) is 3.76. The zero-order valence-electron chi connectivity index (χ0n) is 12.6. The van der Waals surface area contributed by atoms with Crippen molar-refractivity contribution in [3.63, 3.8) is 0 Å². The Labute approximate surface area is 117 Å². The molecular weight excluding hydrogens is 234 g/mol. The molecule has 2 heterocycles. The molecule has 1 fully saturated rings. The summed E-state index contributed by atoms with van der Waals surface area (Å²) in [6.07, 6.45) is 8.62. The molecule has 106 valence electrons. The van der Waals surface area contributed by atoms with Gasteiger partial charge in [0.25, 0.3) is 0 Å². The van der Waals surface area contributed by atoms with E-state index in [0.29, 0.717) is 6.04 Å². The Kier molecular flexibility index (Phi) is 5.20. The highest BCUT2D eigenvalue weighted by Crippen LogP contribution is 2.31. The van der Waals surface area contributed by atoms with Gasteiger partial charge in [0.15, 0.2) is 0 Å². The third-order valence-corrected chi connectivity index (χ3v) is 4.13. The molecule has 0 bridgehead atoms. The van der Waals surface area contributed by atoms with Crippen LogP contribution in [0.2, 0.25) is 0 Å². The van der Waals surface area contributed by atoms with Gasteiger partial charge in [-0.3, -0.25) is 4.90 Å². The van der Waals surface area contributed by atoms with Crippen molar-refractivity contribution in [2.24, 2.45) is 0 Å². The van der Waals surface area contributed by atoms with E-state index in [2.05, 4.69) is 41.3 Å². The number of nitrogens with zero attached hydrogens (tertiary/aromatic N) is 2. The number of aromatic nitrogens is 1. The van der Waals surface area contributed by atoms with Crippen molar-refractivity contribution in [3.05, 3.63) is 23.4 Å². The topological polar surface area (TPSA) is 28.2 Å². The maximum absolute atomic E-state index is 4.55. The van der Waals surface area contributed by atoms with Gasteiger partial charge < -0.3 is 5.32 Å². The minimum atomic E-state index is 0.581. The van der Waals surface area contributed by atoms with E-state index >= 15 is 0 Å². The lowest BCUT2D eigenvalue weighted by atomic mass is 9.95. The Morgan fingerprint density at radius 2 is 2.26 bits per heavy atom. The summed E-state index contributed by atoms with van der Waals surface area (Å²) in [6.45, 7) is 6.89. The molecule has 0 aliphatic carbocycles. The molecule has 1 atom stereocenters. The Hall–Kier alpha value is -1.09. The van der Waals surface area contributed by atoms with Crippen LogP contribution in [0.3, 0.4) is 0 Å². The fourth-order valence-electron chi connectivity index (χ4n) is 3.04. The molecule has 1 aromatic heterocycles. The van der Waals surface area contributed by atoms with Gasteiger partial charge in [-0.2, -0.15) is 0 Å². The van der Waals surface area contributed by atoms with Crippen molar-refractivity contribution >= 4 is 5.82 Å². The first-order chi connectivity index (χ1) is 9.26. The van der Waals surface area contributed by atoms with Gasteiger partial charge >= 0.3 is 0 Å². The van der Waals surface area contributed by atoms with Gasteiger partial charge in [-0.15, -0.1) is 0 Å². The highest BCUT2D eigenvalue weighted by atomic mass is 15.2. The van der Waals surface area contributed by atoms with Crippen LogP contribution in [0.15, 0.2) is 12.3 Å². The number of hydrogen-bond donors (Lipinski definition) is 1. The maximum Gasteiger partial charge on any atom is 0.128 e. The molecular formula is C16H27N3. The lowest BCUT2D eigenvalue weighted by Crippen LogP contribution is -2.34. The van der Waals surface area contributed by atoms with Gasteiger partial charge in [0.2, 0.25) is 0 Å². The number of rotatable bonds is 5. The lowest BCUT2D eigenvalue weighted by molar-refractivity contribution is 0.146. The number of likely N-dealkylation sites (tertiary alicyclic amines) is 1. The van der Waals surface area contributed by atoms with E-state index in [9.17, 15) is 0 Å². The molecule has 0 aromatic carbocycles. The van der Waals surface area contributed by atoms with Crippen LogP contribution in [0.4, 0.5) is 5.82 Å². The fraction of sp³-hybridized carbons (Fsp3) is 0.688. The van der Waals surface area contributed by atoms with E-state index in [4.69, 9.17) is 0 Å². The van der Waals surface area contributed by atoms with Gasteiger partial charge in [0, 0.05) is 19.3 Å². The second-order valence-electron chi connectivity index (χ2n) is 5.59. The first-order valence-corrected chi connectivity index (χ1v) is 7.64. The summed E-state index contributed by atoms with van der Waals surface area (Å²) >= 11 is 0. The van der Waals surface area contributed by atoms with Gasteiger partial charge in [-0.05, 0) is 56.5 Å². The summed E-state index contributed by atoms with van der Waals surface area (Å²) < 4.78 is 0. The van der Waals surface area contributed by atoms with Crippen LogP contribution in [0.5, 0.6) is 0 Å². The number of anilines is 1. The number of nitrogens with one attached hydrogen (secondary N) is 1. The monoisotopic (exact) mass is 261 g/mol. The predicted molar refractivity (Wildman–Crippen MR) is 81.6 cm³/mol. The molecule has 1 aliphatic heterocycles. The summed E-state index contributed by atoms with van der Waals surface area (Å²) in [6, 6.07) is 2.89. The standard InChI is InChI=1S/C16H27N3/c1-4-5-9-19-10-7-6-8-15(19)14-11-13(2)16(17-3)18-12-14/h11-12,15H,4-10H2,1-3H3,(H,17,18)/t15-/m1/s1. The first kappa shape index (κ1) is 14.3. The van der Waals surface area contributed by atoms with Crippen molar-refractivity contribution in [1.29, 1.82) is 0 Å². The number of piperidine rings is 1. The molecule has 3 nitrogen and oxygen atoms in total. The molecule has 1 aromatic rings. The third kappa shape index (κ3) is 3.47. The molecule has 19 heavy (non-hydrogen) atoms. The number of pyridine rings is 1. The summed E-state index contributed by atoms with van der Waals surface area (Å²) in [5, 5.41) is 3.15. The minimum absolute atomic E-state index is 0.581. The highest BCUT2D eigenvalue weighted by Gasteiger charge is 2.23. The highest BCUT2D eigenvalue weighted by molar-refractivity contribution is 5.44. The number of aryl methyl sites for hydroxylation is 1. The molecule has 0 spiro atoms. The van der Waals surface area contributed by atoms with E-state index in [1.165, 1.54) is 56.3 Å². The van der Waals surface area contributed by atoms with Gasteiger partial charge in [-0.1, -0.05) is 19.8 Å². The fourth-order valence-corrected chi connectivity index (χ4v) is 3.04. The summed E-state index contributed by atoms with van der Waals surface area (Å²) in [7, 11) is 1.93. The van der Waals surface area contributed by atoms with E-state index in [1.54, 1.807) is 0 Å².